The highest BCUT2D eigenvalue weighted by Gasteiger charge is 2.24. The van der Waals surface area contributed by atoms with Crippen molar-refractivity contribution in [2.24, 2.45) is 10.3 Å². The fourth-order valence-electron chi connectivity index (χ4n) is 1.89. The second-order valence-electron chi connectivity index (χ2n) is 6.78. The van der Waals surface area contributed by atoms with Gasteiger partial charge in [-0.2, -0.15) is 11.3 Å². The average Bonchev–Trinajstić information content (AvgIpc) is 2.92. The second-order valence-corrected chi connectivity index (χ2v) is 9.05. The highest BCUT2D eigenvalue weighted by molar-refractivity contribution is 7.78. The molecule has 1 atom stereocenters. The molecular weight excluding hydrogens is 364 g/mol. The van der Waals surface area contributed by atoms with Crippen LogP contribution in [0.1, 0.15) is 41.0 Å². The van der Waals surface area contributed by atoms with E-state index in [0.29, 0.717) is 16.4 Å². The van der Waals surface area contributed by atoms with E-state index in [9.17, 15) is 13.8 Å². The van der Waals surface area contributed by atoms with Crippen LogP contribution >= 0.6 is 11.3 Å². The third kappa shape index (κ3) is 7.43. The largest absolute Gasteiger partial charge is 0.497 e. The van der Waals surface area contributed by atoms with Gasteiger partial charge in [-0.05, 0) is 48.8 Å². The van der Waals surface area contributed by atoms with E-state index in [1.54, 1.807) is 32.2 Å². The topological polar surface area (TPSA) is 94.1 Å². The Hall–Kier alpha value is -1.61. The van der Waals surface area contributed by atoms with E-state index in [1.807, 2.05) is 13.8 Å². The van der Waals surface area contributed by atoms with Crippen LogP contribution in [0.5, 0.6) is 5.75 Å². The van der Waals surface area contributed by atoms with Crippen molar-refractivity contribution in [3.05, 3.63) is 11.4 Å². The molecule has 0 fully saturated rings. The van der Waals surface area contributed by atoms with Crippen LogP contribution in [-0.4, -0.2) is 30.8 Å². The van der Waals surface area contributed by atoms with Crippen LogP contribution in [-0.2, 0) is 24.3 Å². The molecule has 9 heteroatoms. The Balaban J connectivity index is 2.95. The molecule has 1 aromatic heterocycles. The maximum Gasteiger partial charge on any atom is 0.408 e. The van der Waals surface area contributed by atoms with E-state index < -0.39 is 34.2 Å². The number of alkyl carbamates (subject to hydrolysis) is 1. The summed E-state index contributed by atoms with van der Waals surface area (Å²) in [6.45, 7) is 9.02. The Morgan fingerprint density at radius 3 is 2.52 bits per heavy atom. The minimum absolute atomic E-state index is 0.129. The lowest BCUT2D eigenvalue weighted by Crippen LogP contribution is -2.43. The number of methoxy groups -OCH3 is 1. The molecule has 0 saturated carbocycles. The van der Waals surface area contributed by atoms with Crippen LogP contribution in [0.25, 0.3) is 0 Å². The first-order valence-electron chi connectivity index (χ1n) is 7.82. The van der Waals surface area contributed by atoms with Crippen molar-refractivity contribution in [1.82, 2.24) is 5.32 Å². The van der Waals surface area contributed by atoms with Gasteiger partial charge in [0.1, 0.15) is 17.4 Å². The summed E-state index contributed by atoms with van der Waals surface area (Å²) in [7, 11) is -0.432. The van der Waals surface area contributed by atoms with Gasteiger partial charge in [0.15, 0.2) is 0 Å². The first-order valence-corrected chi connectivity index (χ1v) is 9.80. The van der Waals surface area contributed by atoms with Gasteiger partial charge in [-0.25, -0.2) is 4.79 Å². The molecule has 1 heterocycles. The summed E-state index contributed by atoms with van der Waals surface area (Å²) in [5, 5.41) is 4.22. The van der Waals surface area contributed by atoms with Crippen molar-refractivity contribution >= 4 is 33.9 Å². The lowest BCUT2D eigenvalue weighted by atomic mass is 10.0. The zero-order valence-electron chi connectivity index (χ0n) is 15.3. The fourth-order valence-corrected chi connectivity index (χ4v) is 3.78. The normalized spacial score (nSPS) is 14.2. The molecule has 0 aliphatic rings. The lowest BCUT2D eigenvalue weighted by molar-refractivity contribution is -0.120. The van der Waals surface area contributed by atoms with Gasteiger partial charge in [-0.1, -0.05) is 13.8 Å². The summed E-state index contributed by atoms with van der Waals surface area (Å²) in [5.41, 5.74) is -0.681. The van der Waals surface area contributed by atoms with Crippen molar-refractivity contribution in [2.45, 2.75) is 56.9 Å². The predicted molar refractivity (Wildman–Crippen MR) is 97.2 cm³/mol. The summed E-state index contributed by atoms with van der Waals surface area (Å²) in [6.07, 6.45) is -0.346. The molecule has 0 aromatic carbocycles. The minimum atomic E-state index is -1.89. The molecule has 1 aromatic rings. The predicted octanol–water partition coefficient (Wildman–Crippen LogP) is 3.73. The monoisotopic (exact) mass is 389 g/mol. The van der Waals surface area contributed by atoms with E-state index in [2.05, 4.69) is 9.68 Å². The van der Waals surface area contributed by atoms with Crippen molar-refractivity contribution in [3.63, 3.8) is 0 Å². The van der Waals surface area contributed by atoms with Crippen molar-refractivity contribution in [3.8, 4) is 5.75 Å². The van der Waals surface area contributed by atoms with Gasteiger partial charge in [0.05, 0.1) is 7.11 Å². The maximum absolute atomic E-state index is 12.4. The van der Waals surface area contributed by atoms with E-state index >= 15 is 0 Å². The molecule has 25 heavy (non-hydrogen) atoms. The number of nitrogens with one attached hydrogen (secondary N) is 1. The quantitative estimate of drug-likeness (QED) is 0.748. The summed E-state index contributed by atoms with van der Waals surface area (Å²) in [5.74, 6) is -0.113. The van der Waals surface area contributed by atoms with Gasteiger partial charge in [0, 0.05) is 0 Å². The number of hydrogen-bond acceptors (Lipinski definition) is 7. The summed E-state index contributed by atoms with van der Waals surface area (Å²) >= 11 is 1.19. The highest BCUT2D eigenvalue weighted by atomic mass is 32.2. The Morgan fingerprint density at radius 2 is 2.00 bits per heavy atom. The molecule has 7 nitrogen and oxygen atoms in total. The molecule has 0 bridgehead atoms. The van der Waals surface area contributed by atoms with Gasteiger partial charge in [-0.15, -0.1) is 10.6 Å². The zero-order valence-corrected chi connectivity index (χ0v) is 17.0. The molecule has 0 spiro atoms. The Morgan fingerprint density at radius 1 is 1.36 bits per heavy atom. The van der Waals surface area contributed by atoms with Crippen molar-refractivity contribution in [2.75, 3.05) is 7.11 Å². The molecule has 0 unspecified atom stereocenters. The van der Waals surface area contributed by atoms with Gasteiger partial charge in [-0.3, -0.25) is 4.79 Å². The summed E-state index contributed by atoms with van der Waals surface area (Å²) < 4.78 is 26.7. The van der Waals surface area contributed by atoms with Crippen LogP contribution in [0.3, 0.4) is 0 Å². The van der Waals surface area contributed by atoms with E-state index in [4.69, 9.17) is 9.47 Å². The molecular formula is C16H25N2O5S2-. The summed E-state index contributed by atoms with van der Waals surface area (Å²) in [6, 6.07) is 0.757. The average molecular weight is 390 g/mol. The molecule has 0 aliphatic heterocycles. The molecule has 142 valence electrons. The number of carbonyl (C=O) groups excluding carboxylic acids is 2. The third-order valence-electron chi connectivity index (χ3n) is 2.84. The SMILES string of the molecule is COc1ccsc1[S-](=O)=NC(=O)[C@H](CC(C)C)NC(=O)OC(C)(C)C. The Labute approximate surface area is 154 Å². The standard InChI is InChI=1S/C16H25N2O5S2/c1-10(2)9-11(17-15(20)23-16(3,4)5)13(19)18-25(21)14-12(22-6)7-8-24-14/h7-8,10-11H,9H2,1-6H3,(H,17,20)/q-1/t11-/m0/s1. The number of carbonyl (C=O) groups is 2. The van der Waals surface area contributed by atoms with E-state index in [0.717, 1.165) is 0 Å². The number of amides is 2. The van der Waals surface area contributed by atoms with Crippen LogP contribution in [0.15, 0.2) is 20.0 Å². The smallest absolute Gasteiger partial charge is 0.408 e. The van der Waals surface area contributed by atoms with Gasteiger partial charge in [0.25, 0.3) is 0 Å². The van der Waals surface area contributed by atoms with Crippen molar-refractivity contribution < 1.29 is 23.3 Å². The minimum Gasteiger partial charge on any atom is -0.497 e. The van der Waals surface area contributed by atoms with Crippen LogP contribution < -0.4 is 10.1 Å². The second kappa shape index (κ2) is 9.19. The maximum atomic E-state index is 12.4. The molecule has 2 amide bonds. The fraction of sp³-hybridized carbons (Fsp3) is 0.625. The third-order valence-corrected chi connectivity index (χ3v) is 5.11. The molecule has 1 rings (SSSR count). The molecule has 1 N–H and O–H groups in total. The highest BCUT2D eigenvalue weighted by Crippen LogP contribution is 2.26. The number of hydrogen-bond donors (Lipinski definition) is 1. The molecule has 0 saturated heterocycles. The zero-order chi connectivity index (χ0) is 19.2. The van der Waals surface area contributed by atoms with Gasteiger partial charge < -0.3 is 23.4 Å². The summed E-state index contributed by atoms with van der Waals surface area (Å²) in [4.78, 5) is 24.4. The number of rotatable bonds is 6. The van der Waals surface area contributed by atoms with E-state index in [-0.39, 0.29) is 5.92 Å². The first-order chi connectivity index (χ1) is 11.5. The number of ether oxygens (including phenoxy) is 2. The Bertz CT molecular complexity index is 685. The van der Waals surface area contributed by atoms with E-state index in [1.165, 1.54) is 18.4 Å². The van der Waals surface area contributed by atoms with Gasteiger partial charge >= 0.3 is 6.09 Å². The van der Waals surface area contributed by atoms with Crippen LogP contribution in [0.4, 0.5) is 4.79 Å². The number of thiophene rings is 1. The molecule has 0 aliphatic carbocycles. The van der Waals surface area contributed by atoms with Crippen LogP contribution in [0.2, 0.25) is 0 Å². The van der Waals surface area contributed by atoms with Gasteiger partial charge in [0.2, 0.25) is 5.91 Å². The molecule has 0 radical (unpaired) electrons. The van der Waals surface area contributed by atoms with Crippen LogP contribution in [0, 0.1) is 5.92 Å². The lowest BCUT2D eigenvalue weighted by Gasteiger charge is -2.23. The first kappa shape index (κ1) is 21.4. The number of nitrogens with zero attached hydrogens (tertiary/aromatic N) is 1. The Kier molecular flexibility index (Phi) is 7.88. The van der Waals surface area contributed by atoms with Crippen molar-refractivity contribution in [1.29, 1.82) is 0 Å².